The number of carbonyl (C=O) groups excluding carboxylic acids is 2. The number of unbranched alkanes of at least 4 members (excludes halogenated alkanes) is 3. The number of hydrogen-bond donors (Lipinski definition) is 0. The van der Waals surface area contributed by atoms with Crippen molar-refractivity contribution in [1.82, 2.24) is 0 Å². The SMILES string of the molecule is COC(=O)/C=C\CCCC/C=C/C(=O)OC. The van der Waals surface area contributed by atoms with Gasteiger partial charge in [0.05, 0.1) is 14.2 Å². The van der Waals surface area contributed by atoms with Gasteiger partial charge in [-0.3, -0.25) is 0 Å². The van der Waals surface area contributed by atoms with E-state index in [1.54, 1.807) is 12.2 Å². The number of esters is 2. The van der Waals surface area contributed by atoms with Crippen molar-refractivity contribution in [2.75, 3.05) is 14.2 Å². The molecular formula is C12H18O4. The summed E-state index contributed by atoms with van der Waals surface area (Å²) in [5.41, 5.74) is 0. The lowest BCUT2D eigenvalue weighted by molar-refractivity contribution is -0.135. The van der Waals surface area contributed by atoms with Gasteiger partial charge >= 0.3 is 11.9 Å². The lowest BCUT2D eigenvalue weighted by Gasteiger charge is -1.93. The van der Waals surface area contributed by atoms with E-state index in [2.05, 4.69) is 9.47 Å². The highest BCUT2D eigenvalue weighted by molar-refractivity contribution is 5.82. The molecule has 0 amide bonds. The highest BCUT2D eigenvalue weighted by Gasteiger charge is 1.91. The molecule has 0 unspecified atom stereocenters. The first kappa shape index (κ1) is 14.4. The molecule has 90 valence electrons. The summed E-state index contributed by atoms with van der Waals surface area (Å²) in [6.07, 6.45) is 10.0. The van der Waals surface area contributed by atoms with Gasteiger partial charge in [0.25, 0.3) is 0 Å². The number of rotatable bonds is 7. The molecule has 4 heteroatoms. The van der Waals surface area contributed by atoms with Crippen molar-refractivity contribution in [1.29, 1.82) is 0 Å². The summed E-state index contributed by atoms with van der Waals surface area (Å²) in [6.45, 7) is 0. The van der Waals surface area contributed by atoms with Crippen LogP contribution in [-0.4, -0.2) is 26.2 Å². The molecule has 0 aromatic rings. The van der Waals surface area contributed by atoms with Crippen molar-refractivity contribution in [3.8, 4) is 0 Å². The molecule has 0 radical (unpaired) electrons. The summed E-state index contributed by atoms with van der Waals surface area (Å²) < 4.78 is 8.89. The Bertz CT molecular complexity index is 238. The number of methoxy groups -OCH3 is 2. The summed E-state index contributed by atoms with van der Waals surface area (Å²) >= 11 is 0. The summed E-state index contributed by atoms with van der Waals surface area (Å²) in [5.74, 6) is -0.656. The Morgan fingerprint density at radius 2 is 1.25 bits per heavy atom. The summed E-state index contributed by atoms with van der Waals surface area (Å²) in [7, 11) is 2.70. The van der Waals surface area contributed by atoms with E-state index in [0.29, 0.717) is 0 Å². The van der Waals surface area contributed by atoms with Crippen LogP contribution in [0.15, 0.2) is 24.3 Å². The van der Waals surface area contributed by atoms with Crippen molar-refractivity contribution in [3.63, 3.8) is 0 Å². The van der Waals surface area contributed by atoms with Crippen LogP contribution in [0.2, 0.25) is 0 Å². The zero-order valence-corrected chi connectivity index (χ0v) is 9.77. The van der Waals surface area contributed by atoms with Gasteiger partial charge in [0, 0.05) is 12.2 Å². The molecule has 0 saturated carbocycles. The van der Waals surface area contributed by atoms with E-state index < -0.39 is 0 Å². The van der Waals surface area contributed by atoms with Crippen LogP contribution in [0.1, 0.15) is 25.7 Å². The summed E-state index contributed by atoms with van der Waals surface area (Å²) in [5, 5.41) is 0. The second-order valence-corrected chi connectivity index (χ2v) is 3.14. The third kappa shape index (κ3) is 8.99. The molecular weight excluding hydrogens is 208 g/mol. The molecule has 0 aliphatic heterocycles. The lowest BCUT2D eigenvalue weighted by atomic mass is 10.2. The molecule has 0 N–H and O–H groups in total. The molecule has 16 heavy (non-hydrogen) atoms. The van der Waals surface area contributed by atoms with Crippen LogP contribution in [-0.2, 0) is 19.1 Å². The van der Waals surface area contributed by atoms with Gasteiger partial charge in [0.2, 0.25) is 0 Å². The van der Waals surface area contributed by atoms with Gasteiger partial charge in [0.1, 0.15) is 0 Å². The maximum Gasteiger partial charge on any atom is 0.330 e. The van der Waals surface area contributed by atoms with Gasteiger partial charge in [-0.25, -0.2) is 9.59 Å². The van der Waals surface area contributed by atoms with E-state index in [1.165, 1.54) is 26.4 Å². The fraction of sp³-hybridized carbons (Fsp3) is 0.500. The first-order chi connectivity index (χ1) is 7.70. The smallest absolute Gasteiger partial charge is 0.330 e. The Hall–Kier alpha value is -1.58. The van der Waals surface area contributed by atoms with Gasteiger partial charge in [-0.1, -0.05) is 12.2 Å². The molecule has 0 spiro atoms. The van der Waals surface area contributed by atoms with Crippen LogP contribution < -0.4 is 0 Å². The molecule has 0 rings (SSSR count). The number of allylic oxidation sites excluding steroid dienone is 2. The van der Waals surface area contributed by atoms with E-state index >= 15 is 0 Å². The Labute approximate surface area is 95.9 Å². The molecule has 0 aromatic carbocycles. The van der Waals surface area contributed by atoms with E-state index in [1.807, 2.05) is 0 Å². The molecule has 0 fully saturated rings. The van der Waals surface area contributed by atoms with E-state index in [9.17, 15) is 9.59 Å². The van der Waals surface area contributed by atoms with Crippen LogP contribution in [0.3, 0.4) is 0 Å². The van der Waals surface area contributed by atoms with Gasteiger partial charge in [-0.15, -0.1) is 0 Å². The highest BCUT2D eigenvalue weighted by Crippen LogP contribution is 2.01. The Kier molecular flexibility index (Phi) is 8.97. The van der Waals surface area contributed by atoms with Crippen LogP contribution in [0, 0.1) is 0 Å². The fourth-order valence-corrected chi connectivity index (χ4v) is 1.02. The normalized spacial score (nSPS) is 10.9. The fourth-order valence-electron chi connectivity index (χ4n) is 1.02. The van der Waals surface area contributed by atoms with Crippen LogP contribution in [0.25, 0.3) is 0 Å². The molecule has 0 bridgehead atoms. The predicted octanol–water partition coefficient (Wildman–Crippen LogP) is 2.01. The van der Waals surface area contributed by atoms with Crippen molar-refractivity contribution in [2.45, 2.75) is 25.7 Å². The van der Waals surface area contributed by atoms with Gasteiger partial charge in [0.15, 0.2) is 0 Å². The zero-order chi connectivity index (χ0) is 12.2. The van der Waals surface area contributed by atoms with E-state index in [0.717, 1.165) is 25.7 Å². The van der Waals surface area contributed by atoms with E-state index in [-0.39, 0.29) is 11.9 Å². The molecule has 0 saturated heterocycles. The third-order valence-corrected chi connectivity index (χ3v) is 1.90. The van der Waals surface area contributed by atoms with Gasteiger partial charge in [-0.05, 0) is 25.7 Å². The van der Waals surface area contributed by atoms with Crippen molar-refractivity contribution in [2.24, 2.45) is 0 Å². The monoisotopic (exact) mass is 226 g/mol. The van der Waals surface area contributed by atoms with Crippen molar-refractivity contribution < 1.29 is 19.1 Å². The van der Waals surface area contributed by atoms with Crippen molar-refractivity contribution >= 4 is 11.9 Å². The second-order valence-electron chi connectivity index (χ2n) is 3.14. The molecule has 0 heterocycles. The Morgan fingerprint density at radius 3 is 1.56 bits per heavy atom. The average molecular weight is 226 g/mol. The largest absolute Gasteiger partial charge is 0.466 e. The molecule has 0 atom stereocenters. The van der Waals surface area contributed by atoms with Crippen LogP contribution in [0.4, 0.5) is 0 Å². The molecule has 0 aliphatic rings. The third-order valence-electron chi connectivity index (χ3n) is 1.90. The minimum atomic E-state index is -0.328. The van der Waals surface area contributed by atoms with Gasteiger partial charge < -0.3 is 9.47 Å². The second kappa shape index (κ2) is 9.96. The lowest BCUT2D eigenvalue weighted by Crippen LogP contribution is -1.93. The summed E-state index contributed by atoms with van der Waals surface area (Å²) in [6, 6.07) is 0. The standard InChI is InChI=1S/C12H18O4/c1-15-11(13)9-7-5-3-4-6-8-10-12(14)16-2/h7-10H,3-6H2,1-2H3/b9-7-,10-8+. The van der Waals surface area contributed by atoms with Gasteiger partial charge in [-0.2, -0.15) is 0 Å². The maximum atomic E-state index is 10.7. The average Bonchev–Trinajstić information content (AvgIpc) is 2.31. The minimum Gasteiger partial charge on any atom is -0.466 e. The maximum absolute atomic E-state index is 10.7. The number of hydrogen-bond acceptors (Lipinski definition) is 4. The van der Waals surface area contributed by atoms with Crippen LogP contribution in [0.5, 0.6) is 0 Å². The predicted molar refractivity (Wildman–Crippen MR) is 60.8 cm³/mol. The van der Waals surface area contributed by atoms with Crippen LogP contribution >= 0.6 is 0 Å². The number of ether oxygens (including phenoxy) is 2. The number of carbonyl (C=O) groups is 2. The van der Waals surface area contributed by atoms with Crippen molar-refractivity contribution in [3.05, 3.63) is 24.3 Å². The molecule has 0 aliphatic carbocycles. The zero-order valence-electron chi connectivity index (χ0n) is 9.77. The highest BCUT2D eigenvalue weighted by atomic mass is 16.5. The topological polar surface area (TPSA) is 52.6 Å². The molecule has 4 nitrogen and oxygen atoms in total. The summed E-state index contributed by atoms with van der Waals surface area (Å²) in [4.78, 5) is 21.4. The first-order valence-corrected chi connectivity index (χ1v) is 5.19. The first-order valence-electron chi connectivity index (χ1n) is 5.19. The Balaban J connectivity index is 3.41. The Morgan fingerprint density at radius 1 is 0.875 bits per heavy atom. The molecule has 0 aromatic heterocycles. The quantitative estimate of drug-likeness (QED) is 0.378. The minimum absolute atomic E-state index is 0.328. The van der Waals surface area contributed by atoms with E-state index in [4.69, 9.17) is 0 Å².